The predicted molar refractivity (Wildman–Crippen MR) is 99.7 cm³/mol. The Hall–Kier alpha value is -2.14. The van der Waals surface area contributed by atoms with Crippen LogP contribution in [0.1, 0.15) is 29.3 Å². The van der Waals surface area contributed by atoms with Crippen molar-refractivity contribution in [2.24, 2.45) is 5.92 Å². The van der Waals surface area contributed by atoms with Gasteiger partial charge in [-0.1, -0.05) is 19.1 Å². The summed E-state index contributed by atoms with van der Waals surface area (Å²) in [6.45, 7) is 4.06. The van der Waals surface area contributed by atoms with E-state index in [1.165, 1.54) is 16.0 Å². The maximum Gasteiger partial charge on any atom is 0.228 e. The van der Waals surface area contributed by atoms with Crippen LogP contribution in [0.3, 0.4) is 0 Å². The Kier molecular flexibility index (Phi) is 4.34. The minimum Gasteiger partial charge on any atom is -0.338 e. The molecule has 0 spiro atoms. The van der Waals surface area contributed by atoms with Crippen LogP contribution in [-0.2, 0) is 29.0 Å². The Morgan fingerprint density at radius 2 is 2.04 bits per heavy atom. The van der Waals surface area contributed by atoms with Gasteiger partial charge in [-0.3, -0.25) is 9.59 Å². The lowest BCUT2D eigenvalue weighted by Crippen LogP contribution is -2.40. The smallest absolute Gasteiger partial charge is 0.228 e. The quantitative estimate of drug-likeness (QED) is 0.849. The average molecular weight is 354 g/mol. The number of rotatable bonds is 3. The van der Waals surface area contributed by atoms with E-state index >= 15 is 0 Å². The van der Waals surface area contributed by atoms with Gasteiger partial charge in [0.25, 0.3) is 0 Å². The number of nitrogens with zero attached hydrogens (tertiary/aromatic N) is 2. The van der Waals surface area contributed by atoms with Crippen LogP contribution in [0.5, 0.6) is 0 Å². The summed E-state index contributed by atoms with van der Waals surface area (Å²) < 4.78 is 0. The molecule has 1 fully saturated rings. The first-order valence-corrected chi connectivity index (χ1v) is 9.77. The van der Waals surface area contributed by atoms with Gasteiger partial charge >= 0.3 is 0 Å². The highest BCUT2D eigenvalue weighted by Crippen LogP contribution is 2.29. The molecule has 4 rings (SSSR count). The summed E-state index contributed by atoms with van der Waals surface area (Å²) in [7, 11) is 0. The van der Waals surface area contributed by atoms with E-state index in [0.717, 1.165) is 25.1 Å². The second kappa shape index (κ2) is 6.64. The third kappa shape index (κ3) is 3.09. The molecule has 0 aliphatic carbocycles. The molecule has 0 bridgehead atoms. The monoisotopic (exact) mass is 354 g/mol. The highest BCUT2D eigenvalue weighted by atomic mass is 32.1. The van der Waals surface area contributed by atoms with E-state index in [2.05, 4.69) is 30.5 Å². The van der Waals surface area contributed by atoms with Crippen molar-refractivity contribution in [2.75, 3.05) is 18.0 Å². The Morgan fingerprint density at radius 1 is 1.24 bits per heavy atom. The lowest BCUT2D eigenvalue weighted by Gasteiger charge is -2.29. The van der Waals surface area contributed by atoms with Crippen LogP contribution in [0, 0.1) is 5.92 Å². The molecule has 1 aromatic carbocycles. The largest absolute Gasteiger partial charge is 0.338 e. The normalized spacial score (nSPS) is 20.0. The van der Waals surface area contributed by atoms with Crippen LogP contribution in [0.4, 0.5) is 5.69 Å². The van der Waals surface area contributed by atoms with Crippen LogP contribution in [0.15, 0.2) is 35.7 Å². The summed E-state index contributed by atoms with van der Waals surface area (Å²) in [5.74, 6) is -0.0488. The Bertz CT molecular complexity index is 796. The lowest BCUT2D eigenvalue weighted by atomic mass is 10.0. The topological polar surface area (TPSA) is 40.6 Å². The van der Waals surface area contributed by atoms with Crippen LogP contribution in [-0.4, -0.2) is 29.8 Å². The third-order valence-corrected chi connectivity index (χ3v) is 6.27. The van der Waals surface area contributed by atoms with Crippen molar-refractivity contribution in [3.63, 3.8) is 0 Å². The van der Waals surface area contributed by atoms with E-state index < -0.39 is 0 Å². The molecule has 130 valence electrons. The van der Waals surface area contributed by atoms with Gasteiger partial charge in [0.1, 0.15) is 0 Å². The molecule has 1 unspecified atom stereocenters. The molecular weight excluding hydrogens is 332 g/mol. The Morgan fingerprint density at radius 3 is 2.80 bits per heavy atom. The van der Waals surface area contributed by atoms with E-state index in [9.17, 15) is 9.59 Å². The number of fused-ring (bicyclic) bond motifs is 1. The number of benzene rings is 1. The predicted octanol–water partition coefficient (Wildman–Crippen LogP) is 3.25. The first-order valence-electron chi connectivity index (χ1n) is 8.89. The molecule has 1 saturated heterocycles. The van der Waals surface area contributed by atoms with Gasteiger partial charge < -0.3 is 9.80 Å². The minimum atomic E-state index is -0.224. The van der Waals surface area contributed by atoms with Crippen molar-refractivity contribution in [2.45, 2.75) is 32.7 Å². The van der Waals surface area contributed by atoms with Crippen LogP contribution >= 0.6 is 11.3 Å². The zero-order chi connectivity index (χ0) is 17.4. The van der Waals surface area contributed by atoms with Crippen molar-refractivity contribution < 1.29 is 9.59 Å². The molecule has 2 amide bonds. The molecule has 0 radical (unpaired) electrons. The van der Waals surface area contributed by atoms with Gasteiger partial charge in [-0.15, -0.1) is 11.3 Å². The van der Waals surface area contributed by atoms with Gasteiger partial charge in [-0.2, -0.15) is 0 Å². The fourth-order valence-electron chi connectivity index (χ4n) is 3.73. The number of thiophene rings is 1. The van der Waals surface area contributed by atoms with E-state index in [1.54, 1.807) is 16.2 Å². The van der Waals surface area contributed by atoms with E-state index in [4.69, 9.17) is 0 Å². The van der Waals surface area contributed by atoms with Crippen molar-refractivity contribution in [3.8, 4) is 0 Å². The van der Waals surface area contributed by atoms with Gasteiger partial charge in [0.05, 0.1) is 5.92 Å². The Balaban J connectivity index is 1.45. The summed E-state index contributed by atoms with van der Waals surface area (Å²) in [6.07, 6.45) is 2.23. The fourth-order valence-corrected chi connectivity index (χ4v) is 4.62. The first kappa shape index (κ1) is 16.3. The summed E-state index contributed by atoms with van der Waals surface area (Å²) in [5, 5.41) is 2.10. The summed E-state index contributed by atoms with van der Waals surface area (Å²) in [5.41, 5.74) is 3.42. The molecule has 2 aliphatic heterocycles. The molecular formula is C20H22N2O2S. The molecule has 3 heterocycles. The molecule has 2 aliphatic rings. The number of hydrogen-bond donors (Lipinski definition) is 0. The summed E-state index contributed by atoms with van der Waals surface area (Å²) in [6, 6.07) is 10.2. The van der Waals surface area contributed by atoms with Crippen molar-refractivity contribution in [3.05, 3.63) is 51.7 Å². The fraction of sp³-hybridized carbons (Fsp3) is 0.400. The maximum absolute atomic E-state index is 12.9. The Labute approximate surface area is 152 Å². The van der Waals surface area contributed by atoms with E-state index in [1.807, 2.05) is 17.0 Å². The molecule has 1 aromatic heterocycles. The van der Waals surface area contributed by atoms with E-state index in [0.29, 0.717) is 19.5 Å². The number of anilines is 1. The molecule has 0 N–H and O–H groups in total. The van der Waals surface area contributed by atoms with E-state index in [-0.39, 0.29) is 17.7 Å². The molecule has 1 atom stereocenters. The first-order chi connectivity index (χ1) is 12.2. The average Bonchev–Trinajstić information content (AvgIpc) is 3.27. The maximum atomic E-state index is 12.9. The number of carbonyl (C=O) groups is 2. The van der Waals surface area contributed by atoms with Crippen LogP contribution in [0.2, 0.25) is 0 Å². The zero-order valence-electron chi connectivity index (χ0n) is 14.4. The van der Waals surface area contributed by atoms with Crippen molar-refractivity contribution in [1.29, 1.82) is 0 Å². The van der Waals surface area contributed by atoms with Gasteiger partial charge in [0, 0.05) is 36.6 Å². The highest BCUT2D eigenvalue weighted by molar-refractivity contribution is 7.10. The van der Waals surface area contributed by atoms with Crippen LogP contribution in [0.25, 0.3) is 0 Å². The van der Waals surface area contributed by atoms with Gasteiger partial charge in [-0.05, 0) is 47.5 Å². The van der Waals surface area contributed by atoms with Crippen LogP contribution < -0.4 is 4.90 Å². The van der Waals surface area contributed by atoms with Gasteiger partial charge in [-0.25, -0.2) is 0 Å². The number of aryl methyl sites for hydroxylation is 1. The molecule has 25 heavy (non-hydrogen) atoms. The summed E-state index contributed by atoms with van der Waals surface area (Å²) >= 11 is 1.77. The highest BCUT2D eigenvalue weighted by Gasteiger charge is 2.37. The standard InChI is InChI=1S/C20H22N2O2S/c1-2-14-3-5-17(6-4-14)22-13-16(11-19(22)23)20(24)21-9-7-18-15(12-21)8-10-25-18/h3-6,8,10,16H,2,7,9,11-13H2,1H3. The summed E-state index contributed by atoms with van der Waals surface area (Å²) in [4.78, 5) is 30.4. The van der Waals surface area contributed by atoms with Gasteiger partial charge in [0.15, 0.2) is 0 Å². The van der Waals surface area contributed by atoms with Crippen molar-refractivity contribution >= 4 is 28.8 Å². The number of hydrogen-bond acceptors (Lipinski definition) is 3. The molecule has 2 aromatic rings. The molecule has 0 saturated carbocycles. The number of carbonyl (C=O) groups excluding carboxylic acids is 2. The minimum absolute atomic E-state index is 0.0517. The second-order valence-electron chi connectivity index (χ2n) is 6.80. The number of amides is 2. The molecule has 4 nitrogen and oxygen atoms in total. The second-order valence-corrected chi connectivity index (χ2v) is 7.80. The zero-order valence-corrected chi connectivity index (χ0v) is 15.2. The SMILES string of the molecule is CCc1ccc(N2CC(C(=O)N3CCc4sccc4C3)CC2=O)cc1. The van der Waals surface area contributed by atoms with Crippen molar-refractivity contribution in [1.82, 2.24) is 4.90 Å². The molecule has 5 heteroatoms. The lowest BCUT2D eigenvalue weighted by molar-refractivity contribution is -0.136. The van der Waals surface area contributed by atoms with Gasteiger partial charge in [0.2, 0.25) is 11.8 Å². The third-order valence-electron chi connectivity index (χ3n) is 5.25.